The Balaban J connectivity index is 1.85. The van der Waals surface area contributed by atoms with Gasteiger partial charge in [-0.2, -0.15) is 0 Å². The van der Waals surface area contributed by atoms with Gasteiger partial charge in [-0.25, -0.2) is 18.1 Å². The van der Waals surface area contributed by atoms with Gasteiger partial charge in [0.05, 0.1) is 0 Å². The molecule has 3 N–H and O–H groups in total. The molecule has 0 bridgehead atoms. The van der Waals surface area contributed by atoms with Gasteiger partial charge < -0.3 is 19.8 Å². The smallest absolute Gasteiger partial charge is 0.271 e. The van der Waals surface area contributed by atoms with Crippen molar-refractivity contribution in [2.45, 2.75) is 30.8 Å². The molecular formula is C16H24N6O3S. The maximum Gasteiger partial charge on any atom is 0.271 e. The number of hydrogen-bond donors (Lipinski definition) is 3. The Hall–Kier alpha value is -2.17. The zero-order valence-electron chi connectivity index (χ0n) is 15.1. The normalized spacial score (nSPS) is 18.5. The van der Waals surface area contributed by atoms with Gasteiger partial charge in [0.2, 0.25) is 10.0 Å². The topological polar surface area (TPSA) is 112 Å². The molecule has 1 unspecified atom stereocenters. The van der Waals surface area contributed by atoms with Crippen molar-refractivity contribution in [3.63, 3.8) is 0 Å². The van der Waals surface area contributed by atoms with Crippen LogP contribution >= 0.6 is 0 Å². The molecule has 2 aromatic rings. The molecule has 10 heteroatoms. The van der Waals surface area contributed by atoms with E-state index in [1.165, 1.54) is 12.3 Å². The first-order chi connectivity index (χ1) is 12.3. The number of aryl methyl sites for hydroxylation is 1. The summed E-state index contributed by atoms with van der Waals surface area (Å²) in [7, 11) is -1.76. The zero-order valence-corrected chi connectivity index (χ0v) is 15.9. The van der Waals surface area contributed by atoms with Crippen LogP contribution in [0.3, 0.4) is 0 Å². The molecule has 3 heterocycles. The van der Waals surface area contributed by atoms with E-state index in [4.69, 9.17) is 0 Å². The number of nitrogens with zero attached hydrogens (tertiary/aromatic N) is 3. The Kier molecular flexibility index (Phi) is 5.17. The molecule has 1 aliphatic rings. The first-order valence-electron chi connectivity index (χ1n) is 8.49. The fourth-order valence-corrected chi connectivity index (χ4v) is 4.31. The van der Waals surface area contributed by atoms with Crippen LogP contribution in [0.25, 0.3) is 0 Å². The number of piperazine rings is 1. The highest BCUT2D eigenvalue weighted by Gasteiger charge is 2.32. The number of amides is 1. The third kappa shape index (κ3) is 3.67. The minimum absolute atomic E-state index is 0.0539. The third-order valence-electron chi connectivity index (χ3n) is 4.25. The van der Waals surface area contributed by atoms with Gasteiger partial charge in [-0.3, -0.25) is 4.79 Å². The second kappa shape index (κ2) is 7.22. The molecule has 142 valence electrons. The van der Waals surface area contributed by atoms with Gasteiger partial charge in [-0.15, -0.1) is 0 Å². The number of imidazole rings is 1. The molecular weight excluding hydrogens is 356 g/mol. The van der Waals surface area contributed by atoms with Crippen LogP contribution in [0.15, 0.2) is 29.6 Å². The lowest BCUT2D eigenvalue weighted by Gasteiger charge is -2.35. The number of sulfonamides is 1. The number of hydrogen-bond acceptors (Lipinski definition) is 5. The molecule has 1 aliphatic heterocycles. The number of aromatic nitrogens is 3. The Morgan fingerprint density at radius 3 is 2.85 bits per heavy atom. The molecule has 3 rings (SSSR count). The molecule has 2 aromatic heterocycles. The van der Waals surface area contributed by atoms with E-state index >= 15 is 0 Å². The van der Waals surface area contributed by atoms with E-state index in [-0.39, 0.29) is 28.6 Å². The molecule has 1 fully saturated rings. The van der Waals surface area contributed by atoms with Gasteiger partial charge in [-0.1, -0.05) is 0 Å². The molecule has 9 nitrogen and oxygen atoms in total. The van der Waals surface area contributed by atoms with Crippen molar-refractivity contribution >= 4 is 15.9 Å². The molecule has 0 spiro atoms. The average Bonchev–Trinajstić information content (AvgIpc) is 3.22. The van der Waals surface area contributed by atoms with Crippen LogP contribution in [0.4, 0.5) is 0 Å². The largest absolute Gasteiger partial charge is 0.356 e. The highest BCUT2D eigenvalue weighted by molar-refractivity contribution is 7.89. The van der Waals surface area contributed by atoms with E-state index in [2.05, 4.69) is 20.0 Å². The molecule has 0 aliphatic carbocycles. The lowest BCUT2D eigenvalue weighted by molar-refractivity contribution is 0.0615. The zero-order chi connectivity index (χ0) is 18.9. The van der Waals surface area contributed by atoms with Crippen LogP contribution < -0.4 is 10.0 Å². The maximum atomic E-state index is 13.0. The predicted molar refractivity (Wildman–Crippen MR) is 96.1 cm³/mol. The van der Waals surface area contributed by atoms with Crippen LogP contribution in [0, 0.1) is 0 Å². The summed E-state index contributed by atoms with van der Waals surface area (Å²) in [6.07, 6.45) is 4.88. The van der Waals surface area contributed by atoms with Crippen molar-refractivity contribution in [1.29, 1.82) is 0 Å². The number of aromatic amines is 1. The first-order valence-corrected chi connectivity index (χ1v) is 9.97. The van der Waals surface area contributed by atoms with Gasteiger partial charge in [-0.05, 0) is 19.9 Å². The van der Waals surface area contributed by atoms with E-state index in [0.717, 1.165) is 5.82 Å². The molecule has 0 aromatic carbocycles. The fraction of sp³-hybridized carbons (Fsp3) is 0.500. The highest BCUT2D eigenvalue weighted by atomic mass is 32.2. The van der Waals surface area contributed by atoms with Crippen molar-refractivity contribution in [3.05, 3.63) is 36.2 Å². The Morgan fingerprint density at radius 2 is 2.19 bits per heavy atom. The quantitative estimate of drug-likeness (QED) is 0.687. The molecule has 1 amide bonds. The van der Waals surface area contributed by atoms with Crippen LogP contribution in [-0.2, 0) is 17.1 Å². The van der Waals surface area contributed by atoms with Gasteiger partial charge in [0, 0.05) is 51.3 Å². The van der Waals surface area contributed by atoms with Crippen LogP contribution in [0.5, 0.6) is 0 Å². The second-order valence-electron chi connectivity index (χ2n) is 6.64. The minimum Gasteiger partial charge on any atom is -0.356 e. The summed E-state index contributed by atoms with van der Waals surface area (Å²) in [5, 5.41) is 3.27. The number of carbonyl (C=O) groups excluding carboxylic acids is 1. The highest BCUT2D eigenvalue weighted by Crippen LogP contribution is 2.23. The fourth-order valence-electron chi connectivity index (χ4n) is 3.06. The van der Waals surface area contributed by atoms with E-state index in [9.17, 15) is 13.2 Å². The van der Waals surface area contributed by atoms with E-state index in [1.54, 1.807) is 24.9 Å². The Morgan fingerprint density at radius 1 is 1.42 bits per heavy atom. The monoisotopic (exact) mass is 380 g/mol. The summed E-state index contributed by atoms with van der Waals surface area (Å²) in [5.74, 6) is 0.539. The van der Waals surface area contributed by atoms with Crippen LogP contribution in [0.1, 0.15) is 36.2 Å². The molecule has 0 saturated carbocycles. The summed E-state index contributed by atoms with van der Waals surface area (Å²) < 4.78 is 28.9. The van der Waals surface area contributed by atoms with Crippen molar-refractivity contribution in [2.24, 2.45) is 7.05 Å². The SMILES string of the molecule is CC(C)NS(=O)(=O)c1c[nH]c(C(=O)N2CCNCC2c2nccn2C)c1. The molecule has 1 atom stereocenters. The van der Waals surface area contributed by atoms with E-state index < -0.39 is 10.0 Å². The first kappa shape index (κ1) is 18.6. The average molecular weight is 380 g/mol. The number of carbonyl (C=O) groups is 1. The summed E-state index contributed by atoms with van der Waals surface area (Å²) in [6.45, 7) is 5.27. The lowest BCUT2D eigenvalue weighted by atomic mass is 10.1. The lowest BCUT2D eigenvalue weighted by Crippen LogP contribution is -2.49. The number of H-pyrrole nitrogens is 1. The van der Waals surface area contributed by atoms with Gasteiger partial charge >= 0.3 is 0 Å². The van der Waals surface area contributed by atoms with Gasteiger partial charge in [0.25, 0.3) is 5.91 Å². The van der Waals surface area contributed by atoms with Crippen LogP contribution in [0.2, 0.25) is 0 Å². The summed E-state index contributed by atoms with van der Waals surface area (Å²) in [5.41, 5.74) is 0.246. The predicted octanol–water partition coefficient (Wildman–Crippen LogP) is 0.222. The molecule has 1 saturated heterocycles. The van der Waals surface area contributed by atoms with Gasteiger partial charge in [0.15, 0.2) is 0 Å². The summed E-state index contributed by atoms with van der Waals surface area (Å²) in [4.78, 5) is 21.9. The third-order valence-corrected chi connectivity index (χ3v) is 5.89. The number of nitrogens with one attached hydrogen (secondary N) is 3. The summed E-state index contributed by atoms with van der Waals surface area (Å²) in [6, 6.07) is 0.938. The second-order valence-corrected chi connectivity index (χ2v) is 8.35. The Labute approximate surface area is 152 Å². The minimum atomic E-state index is -3.65. The van der Waals surface area contributed by atoms with E-state index in [0.29, 0.717) is 19.6 Å². The van der Waals surface area contributed by atoms with Crippen molar-refractivity contribution in [2.75, 3.05) is 19.6 Å². The van der Waals surface area contributed by atoms with Crippen molar-refractivity contribution in [1.82, 2.24) is 29.5 Å². The number of rotatable bonds is 5. The van der Waals surface area contributed by atoms with Crippen molar-refractivity contribution < 1.29 is 13.2 Å². The van der Waals surface area contributed by atoms with Gasteiger partial charge in [0.1, 0.15) is 22.5 Å². The van der Waals surface area contributed by atoms with Crippen LogP contribution in [-0.4, -0.2) is 59.4 Å². The van der Waals surface area contributed by atoms with E-state index in [1.807, 2.05) is 17.8 Å². The Bertz CT molecular complexity index is 885. The van der Waals surface area contributed by atoms with Crippen molar-refractivity contribution in [3.8, 4) is 0 Å². The maximum absolute atomic E-state index is 13.0. The molecule has 0 radical (unpaired) electrons. The standard InChI is InChI=1S/C16H24N6O3S/c1-11(2)20-26(24,25)12-8-13(19-9-12)16(23)22-7-4-17-10-14(22)15-18-5-6-21(15)3/h5-6,8-9,11,14,17,19-20H,4,7,10H2,1-3H3. The molecule has 26 heavy (non-hydrogen) atoms. The summed E-state index contributed by atoms with van der Waals surface area (Å²) >= 11 is 0.